The van der Waals surface area contributed by atoms with E-state index in [1.807, 2.05) is 0 Å². The van der Waals surface area contributed by atoms with Crippen molar-refractivity contribution in [2.75, 3.05) is 26.4 Å². The lowest BCUT2D eigenvalue weighted by Crippen LogP contribution is -2.39. The Morgan fingerprint density at radius 1 is 0.586 bits per heavy atom. The van der Waals surface area contributed by atoms with Gasteiger partial charge in [-0.15, -0.1) is 22.7 Å². The van der Waals surface area contributed by atoms with E-state index in [0.29, 0.717) is 42.8 Å². The average molecular weight is 955 g/mol. The molecule has 1 fully saturated rings. The molecule has 4 aromatic rings. The molecule has 58 heavy (non-hydrogen) atoms. The maximum atomic E-state index is 6.79. The Bertz CT molecular complexity index is 1910. The molecule has 0 spiro atoms. The van der Waals surface area contributed by atoms with Crippen LogP contribution in [0.4, 0.5) is 0 Å². The fourth-order valence-corrected chi connectivity index (χ4v) is 9.54. The fourth-order valence-electron chi connectivity index (χ4n) is 6.88. The van der Waals surface area contributed by atoms with Crippen molar-refractivity contribution in [2.45, 2.75) is 118 Å². The lowest BCUT2D eigenvalue weighted by atomic mass is 9.77. The Hall–Kier alpha value is -2.20. The second-order valence-corrected chi connectivity index (χ2v) is 21.6. The summed E-state index contributed by atoms with van der Waals surface area (Å²) in [5.41, 5.74) is 6.06. The first-order chi connectivity index (χ1) is 28.0. The Morgan fingerprint density at radius 2 is 1.12 bits per heavy atom. The van der Waals surface area contributed by atoms with Crippen LogP contribution in [0.2, 0.25) is 0 Å². The molecule has 1 aliphatic carbocycles. The SMILES string of the molecule is CCC(C)COc1ccc(-c2cc(C=Cc3ccc(Br)s3)c(C3CCC(OCC(C)CC)C(OCC(C)CC)C3)cc2C=Cc2ccc(Br)s2)cc1OCC(C)CC. The van der Waals surface area contributed by atoms with E-state index in [1.165, 1.54) is 32.0 Å². The minimum atomic E-state index is 0.0530. The third kappa shape index (κ3) is 13.9. The van der Waals surface area contributed by atoms with Crippen LogP contribution in [0, 0.1) is 23.7 Å². The molecule has 0 aliphatic heterocycles. The van der Waals surface area contributed by atoms with Gasteiger partial charge in [0.25, 0.3) is 0 Å². The van der Waals surface area contributed by atoms with Crippen LogP contribution in [-0.4, -0.2) is 38.6 Å². The Balaban J connectivity index is 1.63. The molecule has 7 atom stereocenters. The highest BCUT2D eigenvalue weighted by atomic mass is 79.9. The van der Waals surface area contributed by atoms with Crippen molar-refractivity contribution in [1.82, 2.24) is 0 Å². The van der Waals surface area contributed by atoms with Gasteiger partial charge in [-0.25, -0.2) is 0 Å². The zero-order valence-corrected chi connectivity index (χ0v) is 40.8. The van der Waals surface area contributed by atoms with Gasteiger partial charge in [-0.05, 0) is 163 Å². The van der Waals surface area contributed by atoms with E-state index in [0.717, 1.165) is 82.8 Å². The number of thiophene rings is 2. The molecule has 2 aromatic heterocycles. The second kappa shape index (κ2) is 23.7. The minimum Gasteiger partial charge on any atom is -0.489 e. The minimum absolute atomic E-state index is 0.0530. The summed E-state index contributed by atoms with van der Waals surface area (Å²) in [5.74, 6) is 3.89. The Morgan fingerprint density at radius 3 is 1.67 bits per heavy atom. The van der Waals surface area contributed by atoms with E-state index in [9.17, 15) is 0 Å². The van der Waals surface area contributed by atoms with E-state index < -0.39 is 0 Å². The highest BCUT2D eigenvalue weighted by Crippen LogP contribution is 2.43. The number of rotatable bonds is 22. The molecule has 316 valence electrons. The number of halogens is 2. The van der Waals surface area contributed by atoms with Crippen LogP contribution in [-0.2, 0) is 9.47 Å². The van der Waals surface area contributed by atoms with Gasteiger partial charge in [0.15, 0.2) is 11.5 Å². The third-order valence-corrected chi connectivity index (χ3v) is 14.9. The van der Waals surface area contributed by atoms with Crippen LogP contribution in [0.5, 0.6) is 11.5 Å². The molecule has 8 heteroatoms. The van der Waals surface area contributed by atoms with Gasteiger partial charge < -0.3 is 18.9 Å². The summed E-state index contributed by atoms with van der Waals surface area (Å²) < 4.78 is 28.7. The standard InChI is InChI=1S/C50H66Br2O4S2/c1-9-33(5)29-53-45-21-15-39(27-47(45)55-31-35(7)11-3)43-25-38(14-18-42-20-24-50(52)58-42)44(26-37(43)13-17-41-19-23-49(51)57-41)40-16-22-46(54-30-34(6)10-2)48(28-40)56-32-36(8)12-4/h13-15,17-21,23-27,33-36,40,46,48H,9-12,16,22,28-32H2,1-8H3. The molecular formula is C50H66Br2O4S2. The van der Waals surface area contributed by atoms with Crippen LogP contribution >= 0.6 is 54.5 Å². The summed E-state index contributed by atoms with van der Waals surface area (Å²) in [7, 11) is 0. The quantitative estimate of drug-likeness (QED) is 0.0787. The fraction of sp³-hybridized carbons (Fsp3) is 0.520. The molecule has 0 N–H and O–H groups in total. The van der Waals surface area contributed by atoms with Crippen molar-refractivity contribution in [3.8, 4) is 22.6 Å². The molecule has 2 heterocycles. The largest absolute Gasteiger partial charge is 0.489 e. The number of hydrogen-bond donors (Lipinski definition) is 0. The highest BCUT2D eigenvalue weighted by molar-refractivity contribution is 9.11. The summed E-state index contributed by atoms with van der Waals surface area (Å²) in [6, 6.07) is 20.0. The molecule has 0 radical (unpaired) electrons. The topological polar surface area (TPSA) is 36.9 Å². The van der Waals surface area contributed by atoms with E-state index >= 15 is 0 Å². The zero-order chi connectivity index (χ0) is 41.6. The van der Waals surface area contributed by atoms with Crippen molar-refractivity contribution in [2.24, 2.45) is 23.7 Å². The number of benzene rings is 2. The van der Waals surface area contributed by atoms with Gasteiger partial charge in [0, 0.05) is 23.0 Å². The summed E-state index contributed by atoms with van der Waals surface area (Å²) in [5, 5.41) is 0. The molecule has 0 saturated heterocycles. The van der Waals surface area contributed by atoms with Gasteiger partial charge in [-0.1, -0.05) is 105 Å². The molecule has 5 rings (SSSR count). The zero-order valence-electron chi connectivity index (χ0n) is 36.0. The maximum Gasteiger partial charge on any atom is 0.161 e. The molecule has 0 amide bonds. The lowest BCUT2D eigenvalue weighted by Gasteiger charge is -2.37. The molecule has 4 nitrogen and oxygen atoms in total. The van der Waals surface area contributed by atoms with E-state index in [1.54, 1.807) is 22.7 Å². The molecule has 2 aromatic carbocycles. The molecular weight excluding hydrogens is 888 g/mol. The summed E-state index contributed by atoms with van der Waals surface area (Å²) in [4.78, 5) is 2.42. The van der Waals surface area contributed by atoms with Crippen molar-refractivity contribution >= 4 is 78.8 Å². The first kappa shape index (κ1) is 46.9. The second-order valence-electron chi connectivity index (χ2n) is 16.6. The predicted molar refractivity (Wildman–Crippen MR) is 259 cm³/mol. The van der Waals surface area contributed by atoms with Crippen molar-refractivity contribution in [1.29, 1.82) is 0 Å². The normalized spacial score (nSPS) is 19.4. The molecule has 1 saturated carbocycles. The molecule has 0 bridgehead atoms. The number of hydrogen-bond acceptors (Lipinski definition) is 6. The Kier molecular flexibility index (Phi) is 19.2. The first-order valence-electron chi connectivity index (χ1n) is 21.7. The maximum absolute atomic E-state index is 6.79. The smallest absolute Gasteiger partial charge is 0.161 e. The monoisotopic (exact) mass is 952 g/mol. The number of ether oxygens (including phenoxy) is 4. The summed E-state index contributed by atoms with van der Waals surface area (Å²) in [6.45, 7) is 20.8. The van der Waals surface area contributed by atoms with E-state index in [2.05, 4.69) is 166 Å². The van der Waals surface area contributed by atoms with Crippen LogP contribution < -0.4 is 9.47 Å². The van der Waals surface area contributed by atoms with Gasteiger partial charge in [0.2, 0.25) is 0 Å². The molecule has 1 aliphatic rings. The van der Waals surface area contributed by atoms with Crippen LogP contribution in [0.15, 0.2) is 62.2 Å². The van der Waals surface area contributed by atoms with Crippen molar-refractivity contribution in [3.63, 3.8) is 0 Å². The van der Waals surface area contributed by atoms with Crippen molar-refractivity contribution < 1.29 is 18.9 Å². The summed E-state index contributed by atoms with van der Waals surface area (Å²) in [6.07, 6.45) is 16.6. The predicted octanol–water partition coefficient (Wildman–Crippen LogP) is 16.3. The van der Waals surface area contributed by atoms with Gasteiger partial charge in [0.05, 0.1) is 33.0 Å². The summed E-state index contributed by atoms with van der Waals surface area (Å²) >= 11 is 10.9. The molecule has 7 unspecified atom stereocenters. The van der Waals surface area contributed by atoms with E-state index in [-0.39, 0.29) is 12.2 Å². The van der Waals surface area contributed by atoms with Crippen LogP contribution in [0.1, 0.15) is 133 Å². The van der Waals surface area contributed by atoms with Gasteiger partial charge in [-0.3, -0.25) is 0 Å². The highest BCUT2D eigenvalue weighted by Gasteiger charge is 2.34. The Labute approximate surface area is 375 Å². The van der Waals surface area contributed by atoms with Crippen molar-refractivity contribution in [3.05, 3.63) is 88.6 Å². The van der Waals surface area contributed by atoms with Crippen LogP contribution in [0.3, 0.4) is 0 Å². The van der Waals surface area contributed by atoms with Crippen LogP contribution in [0.25, 0.3) is 35.4 Å². The van der Waals surface area contributed by atoms with Gasteiger partial charge in [0.1, 0.15) is 0 Å². The average Bonchev–Trinajstić information content (AvgIpc) is 3.87. The lowest BCUT2D eigenvalue weighted by molar-refractivity contribution is -0.108. The van der Waals surface area contributed by atoms with E-state index in [4.69, 9.17) is 18.9 Å². The van der Waals surface area contributed by atoms with Gasteiger partial charge in [-0.2, -0.15) is 0 Å². The van der Waals surface area contributed by atoms with Gasteiger partial charge >= 0.3 is 0 Å². The first-order valence-corrected chi connectivity index (χ1v) is 24.9. The third-order valence-electron chi connectivity index (χ3n) is 11.7.